The van der Waals surface area contributed by atoms with E-state index in [9.17, 15) is 9.18 Å². The van der Waals surface area contributed by atoms with Gasteiger partial charge in [0.15, 0.2) is 0 Å². The normalized spacial score (nSPS) is 17.4. The summed E-state index contributed by atoms with van der Waals surface area (Å²) in [4.78, 5) is 17.0. The van der Waals surface area contributed by atoms with Crippen LogP contribution in [0, 0.1) is 17.1 Å². The van der Waals surface area contributed by atoms with Crippen molar-refractivity contribution in [1.82, 2.24) is 14.5 Å². The van der Waals surface area contributed by atoms with Crippen LogP contribution in [-0.2, 0) is 0 Å². The molecule has 5 nitrogen and oxygen atoms in total. The van der Waals surface area contributed by atoms with Gasteiger partial charge in [0.2, 0.25) is 0 Å². The first-order valence-electron chi connectivity index (χ1n) is 6.62. The summed E-state index contributed by atoms with van der Waals surface area (Å²) >= 11 is 0. The number of H-pyrrole nitrogens is 1. The molecule has 0 radical (unpaired) electrons. The van der Waals surface area contributed by atoms with Gasteiger partial charge in [-0.15, -0.1) is 0 Å². The van der Waals surface area contributed by atoms with Gasteiger partial charge in [-0.05, 0) is 39.0 Å². The van der Waals surface area contributed by atoms with Crippen molar-refractivity contribution in [3.63, 3.8) is 0 Å². The summed E-state index contributed by atoms with van der Waals surface area (Å²) in [5.41, 5.74) is 0.784. The van der Waals surface area contributed by atoms with Crippen LogP contribution in [0.2, 0.25) is 0 Å². The lowest BCUT2D eigenvalue weighted by atomic mass is 10.0. The molecule has 0 bridgehead atoms. The van der Waals surface area contributed by atoms with Crippen LogP contribution in [0.5, 0.6) is 0 Å². The van der Waals surface area contributed by atoms with Crippen molar-refractivity contribution in [3.8, 4) is 6.07 Å². The van der Waals surface area contributed by atoms with Crippen LogP contribution in [0.1, 0.15) is 24.4 Å². The fourth-order valence-electron chi connectivity index (χ4n) is 2.85. The molecule has 1 aromatic carbocycles. The number of likely N-dealkylation sites (tertiary alicyclic amines) is 1. The molecule has 1 aliphatic heterocycles. The molecule has 1 saturated heterocycles. The Balaban J connectivity index is 2.12. The first kappa shape index (κ1) is 12.9. The number of nitrogens with zero attached hydrogens (tertiary/aromatic N) is 3. The molecule has 0 spiro atoms. The molecule has 3 rings (SSSR count). The van der Waals surface area contributed by atoms with Crippen LogP contribution in [0.25, 0.3) is 11.0 Å². The number of nitriles is 1. The number of fused-ring (bicyclic) bond motifs is 1. The summed E-state index contributed by atoms with van der Waals surface area (Å²) in [6.45, 7) is 1.84. The van der Waals surface area contributed by atoms with Gasteiger partial charge in [0, 0.05) is 12.1 Å². The highest BCUT2D eigenvalue weighted by Crippen LogP contribution is 2.25. The zero-order valence-corrected chi connectivity index (χ0v) is 11.2. The first-order chi connectivity index (χ1) is 9.60. The molecule has 2 heterocycles. The lowest BCUT2D eigenvalue weighted by molar-refractivity contribution is 0.221. The van der Waals surface area contributed by atoms with Crippen LogP contribution >= 0.6 is 0 Å². The third-order valence-corrected chi connectivity index (χ3v) is 3.98. The Morgan fingerprint density at radius 3 is 2.75 bits per heavy atom. The number of benzene rings is 1. The number of rotatable bonds is 1. The van der Waals surface area contributed by atoms with E-state index in [0.717, 1.165) is 25.9 Å². The van der Waals surface area contributed by atoms with Crippen LogP contribution in [-0.4, -0.2) is 34.6 Å². The highest BCUT2D eigenvalue weighted by molar-refractivity contribution is 5.77. The number of aromatic amines is 1. The van der Waals surface area contributed by atoms with Crippen molar-refractivity contribution in [3.05, 3.63) is 34.0 Å². The van der Waals surface area contributed by atoms with E-state index in [1.165, 1.54) is 12.1 Å². The van der Waals surface area contributed by atoms with Gasteiger partial charge in [-0.25, -0.2) is 9.18 Å². The number of hydrogen-bond donors (Lipinski definition) is 1. The van der Waals surface area contributed by atoms with Crippen molar-refractivity contribution >= 4 is 11.0 Å². The van der Waals surface area contributed by atoms with Crippen molar-refractivity contribution < 1.29 is 4.39 Å². The Morgan fingerprint density at radius 1 is 1.40 bits per heavy atom. The highest BCUT2D eigenvalue weighted by atomic mass is 19.1. The van der Waals surface area contributed by atoms with E-state index in [1.807, 2.05) is 7.05 Å². The Hall–Kier alpha value is -2.13. The number of hydrogen-bond acceptors (Lipinski definition) is 3. The van der Waals surface area contributed by atoms with Crippen LogP contribution in [0.15, 0.2) is 16.9 Å². The molecule has 0 saturated carbocycles. The number of halogens is 1. The lowest BCUT2D eigenvalue weighted by Gasteiger charge is -2.29. The molecule has 1 aliphatic rings. The molecule has 2 aromatic rings. The summed E-state index contributed by atoms with van der Waals surface area (Å²) in [7, 11) is 2.05. The predicted octanol–water partition coefficient (Wildman–Crippen LogP) is 1.61. The summed E-state index contributed by atoms with van der Waals surface area (Å²) in [6, 6.07) is 4.55. The van der Waals surface area contributed by atoms with E-state index in [2.05, 4.69) is 9.88 Å². The minimum atomic E-state index is -0.583. The molecule has 0 aliphatic carbocycles. The molecule has 1 aromatic heterocycles. The predicted molar refractivity (Wildman–Crippen MR) is 73.0 cm³/mol. The minimum absolute atomic E-state index is 0.0470. The lowest BCUT2D eigenvalue weighted by Crippen LogP contribution is -2.34. The number of nitrogens with one attached hydrogen (secondary N) is 1. The fraction of sp³-hybridized carbons (Fsp3) is 0.429. The number of aromatic nitrogens is 2. The van der Waals surface area contributed by atoms with E-state index in [1.54, 1.807) is 10.6 Å². The SMILES string of the molecule is CN1CCC(n2c(=O)[nH]c3cc(C#N)c(F)cc32)CC1. The zero-order valence-electron chi connectivity index (χ0n) is 11.2. The number of imidazole rings is 1. The van der Waals surface area contributed by atoms with Gasteiger partial charge in [-0.1, -0.05) is 0 Å². The van der Waals surface area contributed by atoms with Gasteiger partial charge in [-0.3, -0.25) is 4.57 Å². The molecule has 0 unspecified atom stereocenters. The van der Waals surface area contributed by atoms with Crippen LogP contribution in [0.3, 0.4) is 0 Å². The second kappa shape index (κ2) is 4.76. The quantitative estimate of drug-likeness (QED) is 0.859. The molecule has 104 valence electrons. The van der Waals surface area contributed by atoms with Crippen molar-refractivity contribution in [1.29, 1.82) is 5.26 Å². The van der Waals surface area contributed by atoms with E-state index >= 15 is 0 Å². The average molecular weight is 274 g/mol. The van der Waals surface area contributed by atoms with E-state index in [4.69, 9.17) is 5.26 Å². The molecule has 20 heavy (non-hydrogen) atoms. The summed E-state index contributed by atoms with van der Waals surface area (Å²) in [5.74, 6) is -0.583. The topological polar surface area (TPSA) is 64.8 Å². The van der Waals surface area contributed by atoms with Crippen molar-refractivity contribution in [2.45, 2.75) is 18.9 Å². The molecule has 1 fully saturated rings. The van der Waals surface area contributed by atoms with Gasteiger partial charge in [0.05, 0.1) is 16.6 Å². The second-order valence-electron chi connectivity index (χ2n) is 5.30. The summed E-state index contributed by atoms with van der Waals surface area (Å²) in [6.07, 6.45) is 1.73. The smallest absolute Gasteiger partial charge is 0.306 e. The Kier molecular flexibility index (Phi) is 3.07. The molecular formula is C14H15FN4O. The summed E-state index contributed by atoms with van der Waals surface area (Å²) < 4.78 is 15.4. The maximum atomic E-state index is 13.8. The van der Waals surface area contributed by atoms with E-state index in [0.29, 0.717) is 11.0 Å². The molecule has 0 amide bonds. The third-order valence-electron chi connectivity index (χ3n) is 3.98. The molecule has 0 atom stereocenters. The van der Waals surface area contributed by atoms with Crippen LogP contribution in [0.4, 0.5) is 4.39 Å². The zero-order chi connectivity index (χ0) is 14.3. The second-order valence-corrected chi connectivity index (χ2v) is 5.30. The molecular weight excluding hydrogens is 259 g/mol. The molecule has 1 N–H and O–H groups in total. The fourth-order valence-corrected chi connectivity index (χ4v) is 2.85. The Morgan fingerprint density at radius 2 is 2.10 bits per heavy atom. The van der Waals surface area contributed by atoms with Gasteiger partial charge >= 0.3 is 5.69 Å². The standard InChI is InChI=1S/C14H15FN4O/c1-18-4-2-10(3-5-18)19-13-7-11(15)9(8-16)6-12(13)17-14(19)20/h6-7,10H,2-5H2,1H3,(H,17,20). The van der Waals surface area contributed by atoms with E-state index in [-0.39, 0.29) is 17.3 Å². The third kappa shape index (κ3) is 2.00. The van der Waals surface area contributed by atoms with Gasteiger partial charge < -0.3 is 9.88 Å². The average Bonchev–Trinajstić information content (AvgIpc) is 2.74. The monoisotopic (exact) mass is 274 g/mol. The Bertz CT molecular complexity index is 747. The van der Waals surface area contributed by atoms with Crippen LogP contribution < -0.4 is 5.69 Å². The van der Waals surface area contributed by atoms with Gasteiger partial charge in [0.25, 0.3) is 0 Å². The Labute approximate surface area is 115 Å². The maximum Gasteiger partial charge on any atom is 0.326 e. The first-order valence-corrected chi connectivity index (χ1v) is 6.62. The van der Waals surface area contributed by atoms with Gasteiger partial charge in [0.1, 0.15) is 11.9 Å². The minimum Gasteiger partial charge on any atom is -0.306 e. The van der Waals surface area contributed by atoms with Gasteiger partial charge in [-0.2, -0.15) is 5.26 Å². The van der Waals surface area contributed by atoms with Crippen molar-refractivity contribution in [2.24, 2.45) is 0 Å². The van der Waals surface area contributed by atoms with E-state index < -0.39 is 5.82 Å². The highest BCUT2D eigenvalue weighted by Gasteiger charge is 2.22. The summed E-state index contributed by atoms with van der Waals surface area (Å²) in [5, 5.41) is 8.84. The molecule has 6 heteroatoms. The maximum absolute atomic E-state index is 13.8. The van der Waals surface area contributed by atoms with Crippen molar-refractivity contribution in [2.75, 3.05) is 20.1 Å². The largest absolute Gasteiger partial charge is 0.326 e. The number of piperidine rings is 1.